The van der Waals surface area contributed by atoms with Crippen molar-refractivity contribution in [3.05, 3.63) is 0 Å². The molecule has 0 aliphatic carbocycles. The third-order valence-corrected chi connectivity index (χ3v) is 3.59. The average molecular weight is 226 g/mol. The van der Waals surface area contributed by atoms with E-state index in [1.54, 1.807) is 0 Å². The van der Waals surface area contributed by atoms with Crippen molar-refractivity contribution >= 4 is 6.03 Å². The van der Waals surface area contributed by atoms with Gasteiger partial charge in [0, 0.05) is 51.4 Å². The molecule has 2 aliphatic rings. The van der Waals surface area contributed by atoms with Gasteiger partial charge >= 0.3 is 6.03 Å². The summed E-state index contributed by atoms with van der Waals surface area (Å²) in [6.45, 7) is 10.1. The number of hydrogen-bond donors (Lipinski definition) is 2. The molecule has 2 rings (SSSR count). The van der Waals surface area contributed by atoms with Crippen LogP contribution in [0, 0.1) is 0 Å². The Hall–Kier alpha value is -0.810. The molecule has 5 nitrogen and oxygen atoms in total. The van der Waals surface area contributed by atoms with Gasteiger partial charge in [-0.3, -0.25) is 4.90 Å². The highest BCUT2D eigenvalue weighted by atomic mass is 16.2. The SMILES string of the molecule is CC1CNCC(C)N1CCN1CCNC1=O. The van der Waals surface area contributed by atoms with E-state index in [1.807, 2.05) is 4.90 Å². The summed E-state index contributed by atoms with van der Waals surface area (Å²) < 4.78 is 0. The molecule has 2 saturated heterocycles. The minimum Gasteiger partial charge on any atom is -0.336 e. The number of hydrogen-bond acceptors (Lipinski definition) is 3. The van der Waals surface area contributed by atoms with Crippen molar-refractivity contribution in [2.45, 2.75) is 25.9 Å². The van der Waals surface area contributed by atoms with Crippen LogP contribution in [0.5, 0.6) is 0 Å². The van der Waals surface area contributed by atoms with E-state index >= 15 is 0 Å². The lowest BCUT2D eigenvalue weighted by Crippen LogP contribution is -2.56. The van der Waals surface area contributed by atoms with Crippen LogP contribution in [0.25, 0.3) is 0 Å². The molecule has 2 amide bonds. The summed E-state index contributed by atoms with van der Waals surface area (Å²) >= 11 is 0. The Balaban J connectivity index is 1.81. The second-order valence-electron chi connectivity index (χ2n) is 4.81. The van der Waals surface area contributed by atoms with Gasteiger partial charge in [-0.1, -0.05) is 0 Å². The van der Waals surface area contributed by atoms with Gasteiger partial charge in [0.15, 0.2) is 0 Å². The highest BCUT2D eigenvalue weighted by Gasteiger charge is 2.26. The third-order valence-electron chi connectivity index (χ3n) is 3.59. The minimum absolute atomic E-state index is 0.0930. The standard InChI is InChI=1S/C11H22N4O/c1-9-7-12-8-10(2)15(9)6-5-14-4-3-13-11(14)16/h9-10,12H,3-8H2,1-2H3,(H,13,16). The molecule has 0 radical (unpaired) electrons. The maximum absolute atomic E-state index is 11.4. The van der Waals surface area contributed by atoms with Crippen LogP contribution in [-0.4, -0.2) is 67.2 Å². The van der Waals surface area contributed by atoms with Gasteiger partial charge in [0.2, 0.25) is 0 Å². The smallest absolute Gasteiger partial charge is 0.317 e. The van der Waals surface area contributed by atoms with E-state index in [2.05, 4.69) is 29.4 Å². The van der Waals surface area contributed by atoms with Gasteiger partial charge in [-0.05, 0) is 13.8 Å². The molecule has 0 aromatic carbocycles. The van der Waals surface area contributed by atoms with E-state index in [-0.39, 0.29) is 6.03 Å². The zero-order chi connectivity index (χ0) is 11.5. The van der Waals surface area contributed by atoms with Crippen LogP contribution in [0.3, 0.4) is 0 Å². The third kappa shape index (κ3) is 2.47. The van der Waals surface area contributed by atoms with Gasteiger partial charge in [0.1, 0.15) is 0 Å². The maximum Gasteiger partial charge on any atom is 0.317 e. The number of piperazine rings is 1. The molecule has 2 N–H and O–H groups in total. The lowest BCUT2D eigenvalue weighted by atomic mass is 10.1. The molecule has 2 unspecified atom stereocenters. The highest BCUT2D eigenvalue weighted by Crippen LogP contribution is 2.09. The Morgan fingerprint density at radius 2 is 1.94 bits per heavy atom. The maximum atomic E-state index is 11.4. The fourth-order valence-electron chi connectivity index (χ4n) is 2.57. The Labute approximate surface area is 97.2 Å². The van der Waals surface area contributed by atoms with Crippen LogP contribution in [0.2, 0.25) is 0 Å². The van der Waals surface area contributed by atoms with Gasteiger partial charge in [-0.2, -0.15) is 0 Å². The summed E-state index contributed by atoms with van der Waals surface area (Å²) in [4.78, 5) is 15.8. The molecule has 92 valence electrons. The van der Waals surface area contributed by atoms with Gasteiger partial charge in [0.25, 0.3) is 0 Å². The van der Waals surface area contributed by atoms with Crippen molar-refractivity contribution in [3.8, 4) is 0 Å². The van der Waals surface area contributed by atoms with Crippen molar-refractivity contribution in [3.63, 3.8) is 0 Å². The van der Waals surface area contributed by atoms with E-state index < -0.39 is 0 Å². The molecule has 2 fully saturated rings. The second-order valence-corrected chi connectivity index (χ2v) is 4.81. The lowest BCUT2D eigenvalue weighted by Gasteiger charge is -2.40. The number of carbonyl (C=O) groups excluding carboxylic acids is 1. The number of amides is 2. The quantitative estimate of drug-likeness (QED) is 0.694. The zero-order valence-electron chi connectivity index (χ0n) is 10.2. The first kappa shape index (κ1) is 11.7. The molecular weight excluding hydrogens is 204 g/mol. The number of nitrogens with one attached hydrogen (secondary N) is 2. The predicted octanol–water partition coefficient (Wildman–Crippen LogP) is -0.306. The summed E-state index contributed by atoms with van der Waals surface area (Å²) in [5.41, 5.74) is 0. The first-order chi connectivity index (χ1) is 7.68. The van der Waals surface area contributed by atoms with E-state index in [9.17, 15) is 4.79 Å². The first-order valence-corrected chi connectivity index (χ1v) is 6.17. The Morgan fingerprint density at radius 3 is 2.50 bits per heavy atom. The van der Waals surface area contributed by atoms with Crippen molar-refractivity contribution < 1.29 is 4.79 Å². The largest absolute Gasteiger partial charge is 0.336 e. The molecule has 2 atom stereocenters. The van der Waals surface area contributed by atoms with Gasteiger partial charge < -0.3 is 15.5 Å². The average Bonchev–Trinajstić information content (AvgIpc) is 2.64. The van der Waals surface area contributed by atoms with E-state index in [1.165, 1.54) is 0 Å². The van der Waals surface area contributed by atoms with Crippen molar-refractivity contribution in [2.75, 3.05) is 39.3 Å². The van der Waals surface area contributed by atoms with Crippen LogP contribution in [0.4, 0.5) is 4.79 Å². The van der Waals surface area contributed by atoms with Gasteiger partial charge in [-0.25, -0.2) is 4.79 Å². The minimum atomic E-state index is 0.0930. The topological polar surface area (TPSA) is 47.6 Å². The van der Waals surface area contributed by atoms with Gasteiger partial charge in [-0.15, -0.1) is 0 Å². The molecule has 0 aromatic rings. The number of nitrogens with zero attached hydrogens (tertiary/aromatic N) is 2. The van der Waals surface area contributed by atoms with Crippen LogP contribution in [0.1, 0.15) is 13.8 Å². The van der Waals surface area contributed by atoms with E-state index in [0.717, 1.165) is 39.3 Å². The van der Waals surface area contributed by atoms with E-state index in [0.29, 0.717) is 12.1 Å². The predicted molar refractivity (Wildman–Crippen MR) is 63.5 cm³/mol. The monoisotopic (exact) mass is 226 g/mol. The van der Waals surface area contributed by atoms with Crippen molar-refractivity contribution in [1.82, 2.24) is 20.4 Å². The summed E-state index contributed by atoms with van der Waals surface area (Å²) in [5.74, 6) is 0. The van der Waals surface area contributed by atoms with Crippen LogP contribution >= 0.6 is 0 Å². The van der Waals surface area contributed by atoms with Crippen LogP contribution in [-0.2, 0) is 0 Å². The Bertz CT molecular complexity index is 248. The number of rotatable bonds is 3. The second kappa shape index (κ2) is 5.01. The molecule has 5 heteroatoms. The number of carbonyl (C=O) groups is 1. The summed E-state index contributed by atoms with van der Waals surface area (Å²) in [6.07, 6.45) is 0. The summed E-state index contributed by atoms with van der Waals surface area (Å²) in [7, 11) is 0. The van der Waals surface area contributed by atoms with Crippen LogP contribution < -0.4 is 10.6 Å². The summed E-state index contributed by atoms with van der Waals surface area (Å²) in [6, 6.07) is 1.22. The highest BCUT2D eigenvalue weighted by molar-refractivity contribution is 5.76. The molecule has 0 bridgehead atoms. The van der Waals surface area contributed by atoms with E-state index in [4.69, 9.17) is 0 Å². The van der Waals surface area contributed by atoms with Crippen molar-refractivity contribution in [1.29, 1.82) is 0 Å². The summed E-state index contributed by atoms with van der Waals surface area (Å²) in [5, 5.41) is 6.25. The molecule has 16 heavy (non-hydrogen) atoms. The van der Waals surface area contributed by atoms with Crippen molar-refractivity contribution in [2.24, 2.45) is 0 Å². The van der Waals surface area contributed by atoms with Crippen LogP contribution in [0.15, 0.2) is 0 Å². The van der Waals surface area contributed by atoms with Gasteiger partial charge in [0.05, 0.1) is 0 Å². The molecular formula is C11H22N4O. The molecule has 0 aromatic heterocycles. The fourth-order valence-corrected chi connectivity index (χ4v) is 2.57. The Kier molecular flexibility index (Phi) is 3.66. The Morgan fingerprint density at radius 1 is 1.25 bits per heavy atom. The molecule has 0 saturated carbocycles. The molecule has 0 spiro atoms. The zero-order valence-corrected chi connectivity index (χ0v) is 10.2. The first-order valence-electron chi connectivity index (χ1n) is 6.17. The molecule has 2 heterocycles. The number of urea groups is 1. The lowest BCUT2D eigenvalue weighted by molar-refractivity contribution is 0.107. The molecule has 2 aliphatic heterocycles. The fraction of sp³-hybridized carbons (Fsp3) is 0.909. The normalized spacial score (nSPS) is 31.9.